The molecule has 2 aromatic rings. The minimum atomic E-state index is -1.26. The van der Waals surface area contributed by atoms with Gasteiger partial charge in [-0.05, 0) is 23.8 Å². The van der Waals surface area contributed by atoms with Gasteiger partial charge in [0.25, 0.3) is 0 Å². The summed E-state index contributed by atoms with van der Waals surface area (Å²) in [5, 5.41) is 0. The molecule has 2 aromatic carbocycles. The van der Waals surface area contributed by atoms with Crippen LogP contribution in [-0.2, 0) is 22.1 Å². The van der Waals surface area contributed by atoms with Gasteiger partial charge in [0.05, 0.1) is 22.3 Å². The number of ether oxygens (including phenoxy) is 1. The van der Waals surface area contributed by atoms with Gasteiger partial charge in [-0.15, -0.1) is 0 Å². The molecular formula is C14H14BrNO2S. The van der Waals surface area contributed by atoms with E-state index in [1.165, 1.54) is 0 Å². The highest BCUT2D eigenvalue weighted by Gasteiger charge is 2.08. The Bertz CT molecular complexity index is 575. The summed E-state index contributed by atoms with van der Waals surface area (Å²) in [4.78, 5) is 0.599. The molecule has 0 radical (unpaired) electrons. The maximum Gasteiger partial charge on any atom is 0.127 e. The van der Waals surface area contributed by atoms with Gasteiger partial charge in [-0.3, -0.25) is 4.21 Å². The van der Waals surface area contributed by atoms with E-state index in [9.17, 15) is 4.21 Å². The van der Waals surface area contributed by atoms with E-state index in [0.29, 0.717) is 17.2 Å². The molecule has 100 valence electrons. The molecule has 0 aliphatic rings. The minimum Gasteiger partial charge on any atom is -0.398 e. The van der Waals surface area contributed by atoms with Gasteiger partial charge in [0, 0.05) is 10.2 Å². The van der Waals surface area contributed by atoms with Crippen LogP contribution < -0.4 is 5.73 Å². The molecule has 0 saturated carbocycles. The van der Waals surface area contributed by atoms with E-state index in [1.807, 2.05) is 36.4 Å². The largest absolute Gasteiger partial charge is 0.398 e. The van der Waals surface area contributed by atoms with E-state index >= 15 is 0 Å². The maximum atomic E-state index is 12.1. The Kier molecular flexibility index (Phi) is 5.13. The molecule has 2 rings (SSSR count). The Hall–Kier alpha value is -1.17. The van der Waals surface area contributed by atoms with Crippen molar-refractivity contribution in [1.29, 1.82) is 0 Å². The van der Waals surface area contributed by atoms with Crippen LogP contribution in [0.1, 0.15) is 5.56 Å². The summed E-state index contributed by atoms with van der Waals surface area (Å²) in [6.07, 6.45) is 0. The fourth-order valence-corrected chi connectivity index (χ4v) is 3.04. The summed E-state index contributed by atoms with van der Waals surface area (Å²) in [7, 11) is -1.26. The number of hydrogen-bond donors (Lipinski definition) is 1. The minimum absolute atomic E-state index is 0.134. The highest BCUT2D eigenvalue weighted by Crippen LogP contribution is 2.22. The Morgan fingerprint density at radius 3 is 2.63 bits per heavy atom. The van der Waals surface area contributed by atoms with Crippen LogP contribution in [0.2, 0.25) is 0 Å². The zero-order valence-corrected chi connectivity index (χ0v) is 12.6. The molecule has 0 saturated heterocycles. The smallest absolute Gasteiger partial charge is 0.127 e. The lowest BCUT2D eigenvalue weighted by Gasteiger charge is -2.07. The molecule has 5 heteroatoms. The fourth-order valence-electron chi connectivity index (χ4n) is 1.58. The molecule has 0 spiro atoms. The second-order valence-electron chi connectivity index (χ2n) is 3.98. The molecule has 19 heavy (non-hydrogen) atoms. The first-order chi connectivity index (χ1) is 9.16. The zero-order chi connectivity index (χ0) is 13.7. The number of hydrogen-bond acceptors (Lipinski definition) is 3. The number of nitrogen functional groups attached to an aromatic ring is 1. The summed E-state index contributed by atoms with van der Waals surface area (Å²) in [6.45, 7) is 0.445. The summed E-state index contributed by atoms with van der Waals surface area (Å²) in [5.41, 5.74) is 7.38. The van der Waals surface area contributed by atoms with Crippen molar-refractivity contribution in [3.8, 4) is 0 Å². The lowest BCUT2D eigenvalue weighted by atomic mass is 10.2. The summed E-state index contributed by atoms with van der Waals surface area (Å²) in [5.74, 6) is 0.134. The number of nitrogens with two attached hydrogens (primary N) is 1. The normalized spacial score (nSPS) is 12.3. The molecule has 0 aliphatic carbocycles. The van der Waals surface area contributed by atoms with Gasteiger partial charge in [0.2, 0.25) is 0 Å². The molecule has 0 aromatic heterocycles. The highest BCUT2D eigenvalue weighted by molar-refractivity contribution is 9.10. The molecule has 3 nitrogen and oxygen atoms in total. The van der Waals surface area contributed by atoms with Crippen LogP contribution in [0.4, 0.5) is 5.69 Å². The third-order valence-corrected chi connectivity index (χ3v) is 4.24. The van der Waals surface area contributed by atoms with Crippen molar-refractivity contribution in [3.63, 3.8) is 0 Å². The first-order valence-electron chi connectivity index (χ1n) is 5.72. The van der Waals surface area contributed by atoms with Crippen LogP contribution in [0.5, 0.6) is 0 Å². The van der Waals surface area contributed by atoms with Gasteiger partial charge in [-0.25, -0.2) is 0 Å². The van der Waals surface area contributed by atoms with Gasteiger partial charge in [0.15, 0.2) is 0 Å². The molecule has 0 bridgehead atoms. The van der Waals surface area contributed by atoms with Gasteiger partial charge in [-0.2, -0.15) is 0 Å². The van der Waals surface area contributed by atoms with Crippen LogP contribution in [0, 0.1) is 0 Å². The average Bonchev–Trinajstić information content (AvgIpc) is 2.42. The van der Waals surface area contributed by atoms with Gasteiger partial charge in [-0.1, -0.05) is 46.3 Å². The molecule has 0 fully saturated rings. The van der Waals surface area contributed by atoms with E-state index in [1.54, 1.807) is 12.1 Å². The number of halogens is 1. The van der Waals surface area contributed by atoms with Crippen molar-refractivity contribution in [2.45, 2.75) is 11.5 Å². The lowest BCUT2D eigenvalue weighted by molar-refractivity contribution is 0.166. The number of rotatable bonds is 5. The fraction of sp³-hybridized carbons (Fsp3) is 0.143. The monoisotopic (exact) mass is 339 g/mol. The van der Waals surface area contributed by atoms with Crippen molar-refractivity contribution in [2.24, 2.45) is 0 Å². The second-order valence-corrected chi connectivity index (χ2v) is 6.26. The Labute approximate surface area is 123 Å². The van der Waals surface area contributed by atoms with E-state index in [4.69, 9.17) is 10.5 Å². The second kappa shape index (κ2) is 6.84. The Morgan fingerprint density at radius 2 is 1.89 bits per heavy atom. The van der Waals surface area contributed by atoms with Crippen LogP contribution in [0.15, 0.2) is 57.9 Å². The first kappa shape index (κ1) is 14.2. The molecule has 0 heterocycles. The maximum absolute atomic E-state index is 12.1. The summed E-state index contributed by atoms with van der Waals surface area (Å²) < 4.78 is 18.4. The molecule has 1 atom stereocenters. The highest BCUT2D eigenvalue weighted by atomic mass is 79.9. The topological polar surface area (TPSA) is 52.3 Å². The van der Waals surface area contributed by atoms with Gasteiger partial charge >= 0.3 is 0 Å². The molecule has 0 amide bonds. The molecule has 1 unspecified atom stereocenters. The van der Waals surface area contributed by atoms with E-state index in [-0.39, 0.29) is 5.94 Å². The standard InChI is InChI=1S/C14H14BrNO2S/c15-12-6-7-13(16)14(8-12)19(17)10-18-9-11-4-2-1-3-5-11/h1-8H,9-10,16H2. The third kappa shape index (κ3) is 4.16. The Morgan fingerprint density at radius 1 is 1.16 bits per heavy atom. The van der Waals surface area contributed by atoms with E-state index in [2.05, 4.69) is 15.9 Å². The van der Waals surface area contributed by atoms with Crippen LogP contribution in [0.3, 0.4) is 0 Å². The van der Waals surface area contributed by atoms with Crippen LogP contribution in [-0.4, -0.2) is 10.1 Å². The number of benzene rings is 2. The lowest BCUT2D eigenvalue weighted by Crippen LogP contribution is -2.05. The summed E-state index contributed by atoms with van der Waals surface area (Å²) in [6, 6.07) is 15.1. The predicted octanol–water partition coefficient (Wildman–Crippen LogP) is 3.31. The zero-order valence-electron chi connectivity index (χ0n) is 10.2. The Balaban J connectivity index is 1.93. The van der Waals surface area contributed by atoms with Gasteiger partial charge in [0.1, 0.15) is 5.94 Å². The number of anilines is 1. The molecular weight excluding hydrogens is 326 g/mol. The first-order valence-corrected chi connectivity index (χ1v) is 7.83. The molecule has 2 N–H and O–H groups in total. The van der Waals surface area contributed by atoms with E-state index < -0.39 is 10.8 Å². The third-order valence-electron chi connectivity index (χ3n) is 2.52. The molecule has 0 aliphatic heterocycles. The van der Waals surface area contributed by atoms with Crippen molar-refractivity contribution >= 4 is 32.4 Å². The van der Waals surface area contributed by atoms with E-state index in [0.717, 1.165) is 10.0 Å². The van der Waals surface area contributed by atoms with Gasteiger partial charge < -0.3 is 10.5 Å². The van der Waals surface area contributed by atoms with Crippen molar-refractivity contribution in [2.75, 3.05) is 11.7 Å². The van der Waals surface area contributed by atoms with Crippen molar-refractivity contribution in [1.82, 2.24) is 0 Å². The average molecular weight is 340 g/mol. The summed E-state index contributed by atoms with van der Waals surface area (Å²) >= 11 is 3.34. The van der Waals surface area contributed by atoms with Crippen LogP contribution in [0.25, 0.3) is 0 Å². The van der Waals surface area contributed by atoms with Crippen LogP contribution >= 0.6 is 15.9 Å². The van der Waals surface area contributed by atoms with Crippen molar-refractivity contribution < 1.29 is 8.95 Å². The predicted molar refractivity (Wildman–Crippen MR) is 81.1 cm³/mol. The SMILES string of the molecule is Nc1ccc(Br)cc1S(=O)COCc1ccccc1. The quantitative estimate of drug-likeness (QED) is 0.850. The van der Waals surface area contributed by atoms with Crippen molar-refractivity contribution in [3.05, 3.63) is 58.6 Å².